The van der Waals surface area contributed by atoms with Crippen LogP contribution in [0.4, 0.5) is 4.79 Å². The second-order valence-electron chi connectivity index (χ2n) is 8.37. The molecule has 178 valence electrons. The van der Waals surface area contributed by atoms with Crippen LogP contribution in [0.3, 0.4) is 0 Å². The summed E-state index contributed by atoms with van der Waals surface area (Å²) >= 11 is 0. The van der Waals surface area contributed by atoms with Crippen molar-refractivity contribution in [3.05, 3.63) is 78.4 Å². The highest BCUT2D eigenvalue weighted by Crippen LogP contribution is 2.39. The number of likely N-dealkylation sites (tertiary alicyclic amines) is 1. The standard InChI is InChI=1S/C27H29NO6/c1-18-16-28(27(30)32-19(2)29)17-24(18)20-9-14-25(31-3)26(15-20)34-23-12-10-22(11-13-23)33-21-7-5-4-6-8-21/h4-15,18-19,24,29H,16-17H2,1-3H3/t18-,19+,24+/m1/s1. The highest BCUT2D eigenvalue weighted by molar-refractivity contribution is 5.68. The Bertz CT molecular complexity index is 1100. The van der Waals surface area contributed by atoms with E-state index >= 15 is 0 Å². The summed E-state index contributed by atoms with van der Waals surface area (Å²) in [5.74, 6) is 3.66. The van der Waals surface area contributed by atoms with E-state index in [4.69, 9.17) is 18.9 Å². The van der Waals surface area contributed by atoms with Crippen molar-refractivity contribution in [3.8, 4) is 28.7 Å². The van der Waals surface area contributed by atoms with Crippen LogP contribution in [0.2, 0.25) is 0 Å². The fraction of sp³-hybridized carbons (Fsp3) is 0.296. The van der Waals surface area contributed by atoms with E-state index in [1.54, 1.807) is 12.0 Å². The molecular formula is C27H29NO6. The topological polar surface area (TPSA) is 77.5 Å². The molecule has 0 aliphatic carbocycles. The van der Waals surface area contributed by atoms with Gasteiger partial charge in [0.15, 0.2) is 17.8 Å². The highest BCUT2D eigenvalue weighted by Gasteiger charge is 2.35. The Balaban J connectivity index is 1.48. The number of rotatable bonds is 7. The van der Waals surface area contributed by atoms with Gasteiger partial charge in [-0.1, -0.05) is 31.2 Å². The average Bonchev–Trinajstić information content (AvgIpc) is 3.22. The molecule has 0 radical (unpaired) electrons. The number of hydrogen-bond donors (Lipinski definition) is 1. The van der Waals surface area contributed by atoms with Crippen molar-refractivity contribution in [3.63, 3.8) is 0 Å². The van der Waals surface area contributed by atoms with Crippen molar-refractivity contribution in [2.24, 2.45) is 5.92 Å². The minimum atomic E-state index is -1.13. The lowest BCUT2D eigenvalue weighted by Gasteiger charge is -2.19. The zero-order valence-corrected chi connectivity index (χ0v) is 19.5. The lowest BCUT2D eigenvalue weighted by Crippen LogP contribution is -2.31. The van der Waals surface area contributed by atoms with Crippen LogP contribution < -0.4 is 14.2 Å². The van der Waals surface area contributed by atoms with Crippen molar-refractivity contribution in [1.82, 2.24) is 4.90 Å². The maximum Gasteiger partial charge on any atom is 0.412 e. The Hall–Kier alpha value is -3.71. The van der Waals surface area contributed by atoms with Gasteiger partial charge in [-0.2, -0.15) is 0 Å². The molecule has 34 heavy (non-hydrogen) atoms. The first kappa shape index (κ1) is 23.4. The predicted octanol–water partition coefficient (Wildman–Crippen LogP) is 5.79. The first-order valence-electron chi connectivity index (χ1n) is 11.3. The number of amides is 1. The van der Waals surface area contributed by atoms with E-state index in [-0.39, 0.29) is 11.8 Å². The quantitative estimate of drug-likeness (QED) is 0.447. The maximum atomic E-state index is 12.2. The summed E-state index contributed by atoms with van der Waals surface area (Å²) in [6, 6.07) is 22.8. The number of para-hydroxylation sites is 1. The summed E-state index contributed by atoms with van der Waals surface area (Å²) < 4.78 is 22.4. The zero-order valence-electron chi connectivity index (χ0n) is 19.5. The molecule has 0 spiro atoms. The number of methoxy groups -OCH3 is 1. The molecule has 3 atom stereocenters. The number of hydrogen-bond acceptors (Lipinski definition) is 6. The summed E-state index contributed by atoms with van der Waals surface area (Å²) in [6.45, 7) is 4.57. The van der Waals surface area contributed by atoms with Gasteiger partial charge < -0.3 is 29.0 Å². The van der Waals surface area contributed by atoms with Crippen molar-refractivity contribution < 1.29 is 28.8 Å². The van der Waals surface area contributed by atoms with Gasteiger partial charge in [-0.05, 0) is 66.9 Å². The summed E-state index contributed by atoms with van der Waals surface area (Å²) in [5.41, 5.74) is 1.04. The van der Waals surface area contributed by atoms with Crippen LogP contribution in [0.15, 0.2) is 72.8 Å². The Morgan fingerprint density at radius 3 is 2.21 bits per heavy atom. The fourth-order valence-electron chi connectivity index (χ4n) is 4.10. The Kier molecular flexibility index (Phi) is 7.23. The second kappa shape index (κ2) is 10.5. The summed E-state index contributed by atoms with van der Waals surface area (Å²) in [7, 11) is 1.60. The van der Waals surface area contributed by atoms with Gasteiger partial charge in [-0.25, -0.2) is 4.79 Å². The number of carbonyl (C=O) groups is 1. The average molecular weight is 464 g/mol. The molecule has 7 nitrogen and oxygen atoms in total. The third-order valence-corrected chi connectivity index (χ3v) is 5.79. The van der Waals surface area contributed by atoms with Gasteiger partial charge in [0.2, 0.25) is 0 Å². The van der Waals surface area contributed by atoms with Gasteiger partial charge in [0.05, 0.1) is 7.11 Å². The molecule has 0 bridgehead atoms. The van der Waals surface area contributed by atoms with E-state index < -0.39 is 12.4 Å². The summed E-state index contributed by atoms with van der Waals surface area (Å²) in [6.07, 6.45) is -1.64. The molecule has 1 amide bonds. The molecule has 0 saturated carbocycles. The monoisotopic (exact) mass is 463 g/mol. The van der Waals surface area contributed by atoms with E-state index in [1.165, 1.54) is 6.92 Å². The number of benzene rings is 3. The smallest absolute Gasteiger partial charge is 0.412 e. The fourth-order valence-corrected chi connectivity index (χ4v) is 4.10. The van der Waals surface area contributed by atoms with Crippen molar-refractivity contribution in [1.29, 1.82) is 0 Å². The number of aliphatic hydroxyl groups excluding tert-OH is 1. The van der Waals surface area contributed by atoms with Crippen LogP contribution in [-0.4, -0.2) is 42.6 Å². The molecule has 1 aliphatic heterocycles. The van der Waals surface area contributed by atoms with Crippen molar-refractivity contribution in [2.75, 3.05) is 20.2 Å². The largest absolute Gasteiger partial charge is 0.493 e. The Morgan fingerprint density at radius 2 is 1.56 bits per heavy atom. The van der Waals surface area contributed by atoms with Gasteiger partial charge in [-0.3, -0.25) is 0 Å². The van der Waals surface area contributed by atoms with Crippen LogP contribution in [0.25, 0.3) is 0 Å². The molecule has 1 aliphatic rings. The third kappa shape index (κ3) is 5.61. The number of carbonyl (C=O) groups excluding carboxylic acids is 1. The molecule has 1 N–H and O–H groups in total. The SMILES string of the molecule is COc1ccc([C@H]2CN(C(=O)O[C@@H](C)O)C[C@H]2C)cc1Oc1ccc(Oc2ccccc2)cc1. The van der Waals surface area contributed by atoms with Crippen molar-refractivity contribution >= 4 is 6.09 Å². The van der Waals surface area contributed by atoms with E-state index in [0.29, 0.717) is 36.1 Å². The minimum absolute atomic E-state index is 0.108. The molecule has 1 saturated heterocycles. The van der Waals surface area contributed by atoms with Crippen molar-refractivity contribution in [2.45, 2.75) is 26.1 Å². The molecule has 1 fully saturated rings. The van der Waals surface area contributed by atoms with Crippen LogP contribution in [0.1, 0.15) is 25.3 Å². The number of nitrogens with zero attached hydrogens (tertiary/aromatic N) is 1. The molecule has 3 aromatic carbocycles. The van der Waals surface area contributed by atoms with Gasteiger partial charge in [0.25, 0.3) is 0 Å². The summed E-state index contributed by atoms with van der Waals surface area (Å²) in [5, 5.41) is 9.35. The molecule has 7 heteroatoms. The first-order valence-corrected chi connectivity index (χ1v) is 11.3. The normalized spacial score (nSPS) is 18.3. The van der Waals surface area contributed by atoms with Crippen LogP contribution in [0, 0.1) is 5.92 Å². The Labute approximate surface area is 199 Å². The zero-order chi connectivity index (χ0) is 24.1. The van der Waals surface area contributed by atoms with Crippen LogP contribution >= 0.6 is 0 Å². The van der Waals surface area contributed by atoms with Gasteiger partial charge in [-0.15, -0.1) is 0 Å². The van der Waals surface area contributed by atoms with Gasteiger partial charge >= 0.3 is 6.09 Å². The lowest BCUT2D eigenvalue weighted by molar-refractivity contribution is -0.0491. The Morgan fingerprint density at radius 1 is 0.912 bits per heavy atom. The molecule has 0 aromatic heterocycles. The number of aliphatic hydroxyl groups is 1. The second-order valence-corrected chi connectivity index (χ2v) is 8.37. The van der Waals surface area contributed by atoms with Crippen LogP contribution in [-0.2, 0) is 4.74 Å². The minimum Gasteiger partial charge on any atom is -0.493 e. The summed E-state index contributed by atoms with van der Waals surface area (Å²) in [4.78, 5) is 13.8. The van der Waals surface area contributed by atoms with Crippen LogP contribution in [0.5, 0.6) is 28.7 Å². The lowest BCUT2D eigenvalue weighted by atomic mass is 9.90. The first-order chi connectivity index (χ1) is 16.4. The van der Waals surface area contributed by atoms with E-state index in [1.807, 2.05) is 72.8 Å². The van der Waals surface area contributed by atoms with E-state index in [0.717, 1.165) is 11.3 Å². The third-order valence-electron chi connectivity index (χ3n) is 5.79. The molecule has 0 unspecified atom stereocenters. The van der Waals surface area contributed by atoms with Gasteiger partial charge in [0.1, 0.15) is 17.2 Å². The molecule has 3 aromatic rings. The number of ether oxygens (including phenoxy) is 4. The van der Waals surface area contributed by atoms with E-state index in [9.17, 15) is 9.90 Å². The maximum absolute atomic E-state index is 12.2. The molecule has 1 heterocycles. The highest BCUT2D eigenvalue weighted by atomic mass is 16.6. The molecular weight excluding hydrogens is 434 g/mol. The predicted molar refractivity (Wildman–Crippen MR) is 128 cm³/mol. The van der Waals surface area contributed by atoms with E-state index in [2.05, 4.69) is 6.92 Å². The van der Waals surface area contributed by atoms with Gasteiger partial charge in [0, 0.05) is 19.0 Å². The molecule has 4 rings (SSSR count).